The molecule has 1 aromatic carbocycles. The first-order valence-corrected chi connectivity index (χ1v) is 7.82. The summed E-state index contributed by atoms with van der Waals surface area (Å²) in [6.45, 7) is 0. The van der Waals surface area contributed by atoms with Crippen LogP contribution in [-0.2, 0) is 9.59 Å². The zero-order chi connectivity index (χ0) is 14.3. The molecule has 0 aromatic heterocycles. The number of carbonyl (C=O) groups excluding carboxylic acids is 2. The van der Waals surface area contributed by atoms with Crippen molar-refractivity contribution in [3.05, 3.63) is 34.3 Å². The van der Waals surface area contributed by atoms with E-state index >= 15 is 0 Å². The molecular formula is C16H17BrO3. The molecule has 0 bridgehead atoms. The lowest BCUT2D eigenvalue weighted by Crippen LogP contribution is -2.47. The number of hydrogen-bond acceptors (Lipinski definition) is 3. The van der Waals surface area contributed by atoms with Crippen LogP contribution in [0.4, 0.5) is 0 Å². The van der Waals surface area contributed by atoms with Crippen molar-refractivity contribution in [2.75, 3.05) is 0 Å². The minimum Gasteiger partial charge on any atom is -0.384 e. The Labute approximate surface area is 126 Å². The normalized spacial score (nSPS) is 33.9. The second-order valence-electron chi connectivity index (χ2n) is 5.96. The van der Waals surface area contributed by atoms with Gasteiger partial charge in [0.2, 0.25) is 0 Å². The molecule has 4 heteroatoms. The molecule has 20 heavy (non-hydrogen) atoms. The van der Waals surface area contributed by atoms with Crippen LogP contribution in [0.5, 0.6) is 0 Å². The first-order chi connectivity index (χ1) is 9.53. The van der Waals surface area contributed by atoms with E-state index in [0.717, 1.165) is 10.0 Å². The van der Waals surface area contributed by atoms with E-state index in [1.165, 1.54) is 0 Å². The standard InChI is InChI=1S/C16H17BrO3/c17-12-5-3-10(4-6-12)11-8-14(19)16(9-11)7-1-2-13(18)15(16)20/h3-6,11,15,20H,1-2,7-9H2/t11-,15+,16-/m0/s1. The molecule has 106 valence electrons. The molecule has 0 radical (unpaired) electrons. The lowest BCUT2D eigenvalue weighted by molar-refractivity contribution is -0.148. The van der Waals surface area contributed by atoms with Crippen LogP contribution in [0.15, 0.2) is 28.7 Å². The maximum atomic E-state index is 12.4. The molecule has 1 spiro atoms. The molecule has 0 amide bonds. The summed E-state index contributed by atoms with van der Waals surface area (Å²) in [5.41, 5.74) is 0.302. The SMILES string of the molecule is O=C1CCC[C@@]2(C[C@@H](c3ccc(Br)cc3)CC2=O)[C@@H]1O. The van der Waals surface area contributed by atoms with Gasteiger partial charge in [0.15, 0.2) is 5.78 Å². The summed E-state index contributed by atoms with van der Waals surface area (Å²) in [5, 5.41) is 10.2. The van der Waals surface area contributed by atoms with Crippen LogP contribution in [0.1, 0.15) is 43.6 Å². The molecule has 0 aliphatic heterocycles. The van der Waals surface area contributed by atoms with Crippen molar-refractivity contribution in [3.8, 4) is 0 Å². The third-order valence-electron chi connectivity index (χ3n) is 4.81. The first-order valence-electron chi connectivity index (χ1n) is 7.02. The van der Waals surface area contributed by atoms with Crippen molar-refractivity contribution in [2.24, 2.45) is 5.41 Å². The Balaban J connectivity index is 1.88. The van der Waals surface area contributed by atoms with Crippen LogP contribution in [0.2, 0.25) is 0 Å². The Bertz CT molecular complexity index is 551. The van der Waals surface area contributed by atoms with Gasteiger partial charge in [-0.1, -0.05) is 28.1 Å². The molecule has 2 saturated carbocycles. The van der Waals surface area contributed by atoms with E-state index in [1.807, 2.05) is 24.3 Å². The minimum absolute atomic E-state index is 0.0611. The monoisotopic (exact) mass is 336 g/mol. The van der Waals surface area contributed by atoms with Gasteiger partial charge < -0.3 is 5.11 Å². The van der Waals surface area contributed by atoms with E-state index in [2.05, 4.69) is 15.9 Å². The van der Waals surface area contributed by atoms with Gasteiger partial charge in [-0.15, -0.1) is 0 Å². The van der Waals surface area contributed by atoms with Crippen molar-refractivity contribution in [1.82, 2.24) is 0 Å². The fraction of sp³-hybridized carbons (Fsp3) is 0.500. The van der Waals surface area contributed by atoms with E-state index in [1.54, 1.807) is 0 Å². The van der Waals surface area contributed by atoms with Crippen molar-refractivity contribution in [2.45, 2.75) is 44.1 Å². The van der Waals surface area contributed by atoms with Gasteiger partial charge in [-0.3, -0.25) is 9.59 Å². The molecule has 0 unspecified atom stereocenters. The Morgan fingerprint density at radius 3 is 2.60 bits per heavy atom. The van der Waals surface area contributed by atoms with Gasteiger partial charge in [-0.2, -0.15) is 0 Å². The summed E-state index contributed by atoms with van der Waals surface area (Å²) >= 11 is 3.40. The van der Waals surface area contributed by atoms with Gasteiger partial charge >= 0.3 is 0 Å². The summed E-state index contributed by atoms with van der Waals surface area (Å²) in [7, 11) is 0. The quantitative estimate of drug-likeness (QED) is 0.857. The summed E-state index contributed by atoms with van der Waals surface area (Å²) in [4.78, 5) is 24.2. The highest BCUT2D eigenvalue weighted by Gasteiger charge is 2.54. The third kappa shape index (κ3) is 2.15. The zero-order valence-corrected chi connectivity index (χ0v) is 12.7. The van der Waals surface area contributed by atoms with Gasteiger partial charge in [0.05, 0.1) is 5.41 Å². The average Bonchev–Trinajstić information content (AvgIpc) is 2.75. The number of Topliss-reactive ketones (excluding diaryl/α,β-unsaturated/α-hetero) is 2. The molecule has 2 aliphatic carbocycles. The van der Waals surface area contributed by atoms with Gasteiger partial charge in [0.25, 0.3) is 0 Å². The van der Waals surface area contributed by atoms with Gasteiger partial charge in [-0.25, -0.2) is 0 Å². The Hall–Kier alpha value is -1.00. The second kappa shape index (κ2) is 5.08. The Morgan fingerprint density at radius 2 is 1.90 bits per heavy atom. The number of ketones is 2. The zero-order valence-electron chi connectivity index (χ0n) is 11.1. The molecule has 0 heterocycles. The summed E-state index contributed by atoms with van der Waals surface area (Å²) in [6, 6.07) is 7.96. The summed E-state index contributed by atoms with van der Waals surface area (Å²) in [5.74, 6) is 0.0168. The lowest BCUT2D eigenvalue weighted by Gasteiger charge is -2.35. The number of carbonyl (C=O) groups is 2. The van der Waals surface area contributed by atoms with E-state index in [4.69, 9.17) is 0 Å². The smallest absolute Gasteiger partial charge is 0.162 e. The molecule has 2 fully saturated rings. The minimum atomic E-state index is -1.09. The van der Waals surface area contributed by atoms with Crippen molar-refractivity contribution in [1.29, 1.82) is 0 Å². The average molecular weight is 337 g/mol. The molecule has 2 aliphatic rings. The molecule has 1 aromatic rings. The van der Waals surface area contributed by atoms with E-state index in [0.29, 0.717) is 32.1 Å². The van der Waals surface area contributed by atoms with E-state index < -0.39 is 11.5 Å². The Morgan fingerprint density at radius 1 is 1.20 bits per heavy atom. The van der Waals surface area contributed by atoms with Gasteiger partial charge in [0.1, 0.15) is 11.9 Å². The fourth-order valence-corrected chi connectivity index (χ4v) is 3.95. The highest BCUT2D eigenvalue weighted by molar-refractivity contribution is 9.10. The van der Waals surface area contributed by atoms with Crippen LogP contribution >= 0.6 is 15.9 Å². The highest BCUT2D eigenvalue weighted by Crippen LogP contribution is 2.51. The number of benzene rings is 1. The molecule has 3 rings (SSSR count). The van der Waals surface area contributed by atoms with Gasteiger partial charge in [-0.05, 0) is 42.9 Å². The lowest BCUT2D eigenvalue weighted by atomic mass is 9.69. The van der Waals surface area contributed by atoms with E-state index in [9.17, 15) is 14.7 Å². The number of rotatable bonds is 1. The third-order valence-corrected chi connectivity index (χ3v) is 5.34. The van der Waals surface area contributed by atoms with Crippen LogP contribution in [0.25, 0.3) is 0 Å². The van der Waals surface area contributed by atoms with E-state index in [-0.39, 0.29) is 17.5 Å². The van der Waals surface area contributed by atoms with Crippen LogP contribution < -0.4 is 0 Å². The predicted molar refractivity (Wildman–Crippen MR) is 78.4 cm³/mol. The highest BCUT2D eigenvalue weighted by atomic mass is 79.9. The van der Waals surface area contributed by atoms with Crippen molar-refractivity contribution >= 4 is 27.5 Å². The van der Waals surface area contributed by atoms with Crippen LogP contribution in [-0.4, -0.2) is 22.8 Å². The topological polar surface area (TPSA) is 54.4 Å². The summed E-state index contributed by atoms with van der Waals surface area (Å²) < 4.78 is 1.01. The predicted octanol–water partition coefficient (Wildman–Crippen LogP) is 3.00. The van der Waals surface area contributed by atoms with Crippen LogP contribution in [0, 0.1) is 5.41 Å². The molecular weight excluding hydrogens is 320 g/mol. The van der Waals surface area contributed by atoms with Crippen LogP contribution in [0.3, 0.4) is 0 Å². The number of aliphatic hydroxyl groups is 1. The number of hydrogen-bond donors (Lipinski definition) is 1. The van der Waals surface area contributed by atoms with Crippen molar-refractivity contribution < 1.29 is 14.7 Å². The van der Waals surface area contributed by atoms with Gasteiger partial charge in [0, 0.05) is 17.3 Å². The van der Waals surface area contributed by atoms with Crippen molar-refractivity contribution in [3.63, 3.8) is 0 Å². The largest absolute Gasteiger partial charge is 0.384 e. The molecule has 3 atom stereocenters. The molecule has 1 N–H and O–H groups in total. The maximum absolute atomic E-state index is 12.4. The fourth-order valence-electron chi connectivity index (χ4n) is 3.69. The molecule has 0 saturated heterocycles. The second-order valence-corrected chi connectivity index (χ2v) is 6.87. The molecule has 3 nitrogen and oxygen atoms in total. The number of halogens is 1. The summed E-state index contributed by atoms with van der Waals surface area (Å²) in [6.07, 6.45) is 1.70. The first kappa shape index (κ1) is 14.0. The maximum Gasteiger partial charge on any atom is 0.162 e. The Kier molecular flexibility index (Phi) is 3.55. The number of aliphatic hydroxyl groups excluding tert-OH is 1.